The first kappa shape index (κ1) is 29.7. The SMILES string of the molecule is Cc1cc(Nc2cc(OCC3COC3)nc(N(C)[C@H]3C[C@H]4CCC[C@@H](C3)N4C(=O)CC3CC3)n2)nn1C(=O)OC(C)(C)C. The van der Waals surface area contributed by atoms with Crippen LogP contribution in [0.4, 0.5) is 22.4 Å². The van der Waals surface area contributed by atoms with Crippen molar-refractivity contribution < 1.29 is 23.8 Å². The molecule has 3 saturated heterocycles. The second-order valence-electron chi connectivity index (χ2n) is 13.7. The third-order valence-electron chi connectivity index (χ3n) is 8.84. The van der Waals surface area contributed by atoms with Crippen molar-refractivity contribution in [2.24, 2.45) is 11.8 Å². The number of aryl methyl sites for hydroxylation is 1. The van der Waals surface area contributed by atoms with Gasteiger partial charge in [-0.1, -0.05) is 0 Å². The molecule has 2 aromatic heterocycles. The molecule has 3 aliphatic heterocycles. The number of piperidine rings is 2. The van der Waals surface area contributed by atoms with Gasteiger partial charge in [0.1, 0.15) is 11.4 Å². The average molecular weight is 596 g/mol. The minimum absolute atomic E-state index is 0.206. The molecule has 1 amide bonds. The van der Waals surface area contributed by atoms with Gasteiger partial charge in [-0.15, -0.1) is 5.10 Å². The Morgan fingerprint density at radius 1 is 1.05 bits per heavy atom. The molecule has 2 aromatic rings. The van der Waals surface area contributed by atoms with Crippen molar-refractivity contribution in [1.82, 2.24) is 24.6 Å². The molecule has 234 valence electrons. The van der Waals surface area contributed by atoms with Crippen molar-refractivity contribution >= 4 is 29.6 Å². The molecule has 4 aliphatic rings. The van der Waals surface area contributed by atoms with Crippen molar-refractivity contribution in [3.8, 4) is 5.88 Å². The van der Waals surface area contributed by atoms with Crippen molar-refractivity contribution in [2.45, 2.75) is 103 Å². The van der Waals surface area contributed by atoms with Gasteiger partial charge in [-0.3, -0.25) is 4.79 Å². The highest BCUT2D eigenvalue weighted by atomic mass is 16.6. The highest BCUT2D eigenvalue weighted by molar-refractivity contribution is 5.78. The first-order chi connectivity index (χ1) is 20.5. The number of carbonyl (C=O) groups excluding carboxylic acids is 2. The van der Waals surface area contributed by atoms with Crippen molar-refractivity contribution in [3.05, 3.63) is 17.8 Å². The van der Waals surface area contributed by atoms with E-state index < -0.39 is 11.7 Å². The lowest BCUT2D eigenvalue weighted by atomic mass is 9.81. The number of fused-ring (bicyclic) bond motifs is 2. The summed E-state index contributed by atoms with van der Waals surface area (Å²) in [5.41, 5.74) is 0.00522. The van der Waals surface area contributed by atoms with Gasteiger partial charge in [-0.05, 0) is 78.6 Å². The number of nitrogens with one attached hydrogen (secondary N) is 1. The molecule has 3 atom stereocenters. The van der Waals surface area contributed by atoms with Gasteiger partial charge in [0.2, 0.25) is 17.7 Å². The van der Waals surface area contributed by atoms with Gasteiger partial charge < -0.3 is 29.3 Å². The zero-order valence-corrected chi connectivity index (χ0v) is 26.0. The topological polar surface area (TPSA) is 124 Å². The van der Waals surface area contributed by atoms with Gasteiger partial charge in [0.15, 0.2) is 5.82 Å². The first-order valence-corrected chi connectivity index (χ1v) is 15.7. The lowest BCUT2D eigenvalue weighted by Crippen LogP contribution is -2.58. The van der Waals surface area contributed by atoms with Crippen LogP contribution in [0.2, 0.25) is 0 Å². The molecule has 6 rings (SSSR count). The molecule has 1 N–H and O–H groups in total. The highest BCUT2D eigenvalue weighted by Crippen LogP contribution is 2.40. The Bertz CT molecular complexity index is 1320. The Morgan fingerprint density at radius 3 is 2.40 bits per heavy atom. The first-order valence-electron chi connectivity index (χ1n) is 15.7. The van der Waals surface area contributed by atoms with Gasteiger partial charge in [0.05, 0.1) is 19.8 Å². The van der Waals surface area contributed by atoms with Crippen LogP contribution in [0.3, 0.4) is 0 Å². The largest absolute Gasteiger partial charge is 0.477 e. The second-order valence-corrected chi connectivity index (χ2v) is 13.7. The molecule has 0 radical (unpaired) electrons. The molecule has 5 heterocycles. The highest BCUT2D eigenvalue weighted by Gasteiger charge is 2.43. The minimum Gasteiger partial charge on any atom is -0.477 e. The summed E-state index contributed by atoms with van der Waals surface area (Å²) < 4.78 is 18.2. The van der Waals surface area contributed by atoms with E-state index in [0.29, 0.717) is 73.1 Å². The summed E-state index contributed by atoms with van der Waals surface area (Å²) in [7, 11) is 2.03. The van der Waals surface area contributed by atoms with Crippen LogP contribution in [-0.4, -0.2) is 87.2 Å². The normalized spacial score (nSPS) is 23.8. The summed E-state index contributed by atoms with van der Waals surface area (Å²) in [6.45, 7) is 9.15. The van der Waals surface area contributed by atoms with Crippen molar-refractivity contribution in [1.29, 1.82) is 0 Å². The van der Waals surface area contributed by atoms with E-state index in [-0.39, 0.29) is 18.1 Å². The monoisotopic (exact) mass is 595 g/mol. The lowest BCUT2D eigenvalue weighted by Gasteiger charge is -2.50. The maximum Gasteiger partial charge on any atom is 0.435 e. The van der Waals surface area contributed by atoms with Gasteiger partial charge in [-0.2, -0.15) is 14.6 Å². The molecule has 1 saturated carbocycles. The minimum atomic E-state index is -0.633. The number of ether oxygens (including phenoxy) is 3. The number of hydrogen-bond acceptors (Lipinski definition) is 10. The average Bonchev–Trinajstić information content (AvgIpc) is 3.64. The Labute approximate surface area is 253 Å². The Hall–Kier alpha value is -3.41. The zero-order chi connectivity index (χ0) is 30.3. The van der Waals surface area contributed by atoms with Crippen LogP contribution in [0.1, 0.15) is 77.8 Å². The molecule has 0 spiro atoms. The molecule has 0 aromatic carbocycles. The molecule has 2 bridgehead atoms. The summed E-state index contributed by atoms with van der Waals surface area (Å²) in [5, 5.41) is 7.68. The third kappa shape index (κ3) is 7.05. The van der Waals surface area contributed by atoms with Crippen LogP contribution in [-0.2, 0) is 14.3 Å². The van der Waals surface area contributed by atoms with Gasteiger partial charge in [-0.25, -0.2) is 4.79 Å². The molecule has 1 aliphatic carbocycles. The fourth-order valence-corrected chi connectivity index (χ4v) is 6.36. The van der Waals surface area contributed by atoms with E-state index in [1.807, 2.05) is 27.8 Å². The number of amides is 1. The second kappa shape index (κ2) is 11.9. The maximum atomic E-state index is 13.2. The number of carbonyl (C=O) groups is 2. The molecular weight excluding hydrogens is 550 g/mol. The number of aromatic nitrogens is 4. The van der Waals surface area contributed by atoms with Crippen LogP contribution >= 0.6 is 0 Å². The van der Waals surface area contributed by atoms with E-state index in [1.165, 1.54) is 23.9 Å². The zero-order valence-electron chi connectivity index (χ0n) is 26.0. The molecular formula is C31H45N7O5. The van der Waals surface area contributed by atoms with E-state index in [4.69, 9.17) is 24.2 Å². The van der Waals surface area contributed by atoms with E-state index >= 15 is 0 Å². The summed E-state index contributed by atoms with van der Waals surface area (Å²) >= 11 is 0. The molecule has 43 heavy (non-hydrogen) atoms. The molecule has 4 fully saturated rings. The van der Waals surface area contributed by atoms with Crippen molar-refractivity contribution in [3.63, 3.8) is 0 Å². The van der Waals surface area contributed by atoms with E-state index in [0.717, 1.165) is 25.7 Å². The summed E-state index contributed by atoms with van der Waals surface area (Å²) in [4.78, 5) is 39.9. The summed E-state index contributed by atoms with van der Waals surface area (Å²) in [5.74, 6) is 3.28. The van der Waals surface area contributed by atoms with Crippen molar-refractivity contribution in [2.75, 3.05) is 37.1 Å². The van der Waals surface area contributed by atoms with Crippen LogP contribution in [0, 0.1) is 18.8 Å². The van der Waals surface area contributed by atoms with Crippen LogP contribution in [0.15, 0.2) is 12.1 Å². The maximum absolute atomic E-state index is 13.2. The Balaban J connectivity index is 1.20. The lowest BCUT2D eigenvalue weighted by molar-refractivity contribution is -0.141. The Morgan fingerprint density at radius 2 is 1.77 bits per heavy atom. The van der Waals surface area contributed by atoms with E-state index in [2.05, 4.69) is 20.2 Å². The molecule has 12 nitrogen and oxygen atoms in total. The number of nitrogens with zero attached hydrogens (tertiary/aromatic N) is 6. The summed E-state index contributed by atoms with van der Waals surface area (Å²) in [6, 6.07) is 4.27. The number of rotatable bonds is 9. The fourth-order valence-electron chi connectivity index (χ4n) is 6.36. The quantitative estimate of drug-likeness (QED) is 0.437. The summed E-state index contributed by atoms with van der Waals surface area (Å²) in [6.07, 6.45) is 7.64. The van der Waals surface area contributed by atoms with E-state index in [1.54, 1.807) is 19.1 Å². The number of hydrogen-bond donors (Lipinski definition) is 1. The Kier molecular flexibility index (Phi) is 8.23. The van der Waals surface area contributed by atoms with Crippen LogP contribution in [0.25, 0.3) is 0 Å². The predicted octanol–water partition coefficient (Wildman–Crippen LogP) is 4.68. The van der Waals surface area contributed by atoms with Gasteiger partial charge >= 0.3 is 6.09 Å². The van der Waals surface area contributed by atoms with Crippen LogP contribution in [0.5, 0.6) is 5.88 Å². The standard InChI is InChI=1S/C31H45N7O5/c1-19-11-26(35-38(19)30(40)43-31(2,3)4)32-25-15-27(42-18-21-16-41-17-21)34-29(33-25)36(5)24-13-22-7-6-8-23(14-24)37(22)28(39)12-20-9-10-20/h11,15,20-24H,6-10,12-14,16-18H2,1-5H3,(H,32,33,34,35)/t22-,23+,24+. The molecule has 12 heteroatoms. The van der Waals surface area contributed by atoms with Gasteiger partial charge in [0, 0.05) is 55.3 Å². The number of anilines is 3. The van der Waals surface area contributed by atoms with Gasteiger partial charge in [0.25, 0.3) is 0 Å². The predicted molar refractivity (Wildman–Crippen MR) is 161 cm³/mol. The fraction of sp³-hybridized carbons (Fsp3) is 0.710. The van der Waals surface area contributed by atoms with E-state index in [9.17, 15) is 9.59 Å². The third-order valence-corrected chi connectivity index (χ3v) is 8.84. The van der Waals surface area contributed by atoms with Crippen LogP contribution < -0.4 is 15.0 Å². The smallest absolute Gasteiger partial charge is 0.435 e. The molecule has 0 unspecified atom stereocenters.